The largest absolute Gasteiger partial charge is 0.493 e. The Bertz CT molecular complexity index is 457. The van der Waals surface area contributed by atoms with E-state index in [4.69, 9.17) is 19.9 Å². The average molecular weight is 293 g/mol. The molecule has 1 aromatic carbocycles. The summed E-state index contributed by atoms with van der Waals surface area (Å²) in [7, 11) is 3.36. The summed E-state index contributed by atoms with van der Waals surface area (Å²) in [6, 6.07) is 6.30. The standard InChI is InChI=1S/C17H27NO3/c1-17(7-8-17)16(18)12-13-5-6-14(20-3)15(11-13)21-10-4-9-19-2/h5-6,11,16H,4,7-10,12,18H2,1-3H3. The van der Waals surface area contributed by atoms with Crippen molar-refractivity contribution < 1.29 is 14.2 Å². The Balaban J connectivity index is 1.98. The van der Waals surface area contributed by atoms with E-state index in [9.17, 15) is 0 Å². The Morgan fingerprint density at radius 3 is 2.57 bits per heavy atom. The number of rotatable bonds is 9. The van der Waals surface area contributed by atoms with Crippen molar-refractivity contribution in [3.63, 3.8) is 0 Å². The normalized spacial score (nSPS) is 17.3. The summed E-state index contributed by atoms with van der Waals surface area (Å²) in [5.41, 5.74) is 7.86. The van der Waals surface area contributed by atoms with Crippen LogP contribution in [0.25, 0.3) is 0 Å². The fourth-order valence-electron chi connectivity index (χ4n) is 2.41. The van der Waals surface area contributed by atoms with E-state index in [-0.39, 0.29) is 6.04 Å². The zero-order chi connectivity index (χ0) is 15.3. The molecule has 21 heavy (non-hydrogen) atoms. The SMILES string of the molecule is COCCCOc1cc(CC(N)C2(C)CC2)ccc1OC. The molecule has 0 aliphatic heterocycles. The molecule has 0 radical (unpaired) electrons. The van der Waals surface area contributed by atoms with Crippen molar-refractivity contribution in [1.29, 1.82) is 0 Å². The molecule has 0 bridgehead atoms. The first kappa shape index (κ1) is 16.1. The predicted octanol–water partition coefficient (Wildman–Crippen LogP) is 2.78. The molecule has 0 saturated heterocycles. The number of hydrogen-bond acceptors (Lipinski definition) is 4. The first-order chi connectivity index (χ1) is 10.1. The third kappa shape index (κ3) is 4.35. The summed E-state index contributed by atoms with van der Waals surface area (Å²) in [4.78, 5) is 0. The van der Waals surface area contributed by atoms with E-state index in [1.54, 1.807) is 14.2 Å². The van der Waals surface area contributed by atoms with Crippen LogP contribution >= 0.6 is 0 Å². The smallest absolute Gasteiger partial charge is 0.161 e. The van der Waals surface area contributed by atoms with Crippen LogP contribution in [-0.2, 0) is 11.2 Å². The molecule has 1 saturated carbocycles. The number of nitrogens with two attached hydrogens (primary N) is 1. The predicted molar refractivity (Wildman–Crippen MR) is 84.0 cm³/mol. The molecule has 2 rings (SSSR count). The van der Waals surface area contributed by atoms with Crippen LogP contribution in [0.3, 0.4) is 0 Å². The van der Waals surface area contributed by atoms with E-state index in [2.05, 4.69) is 19.1 Å². The summed E-state index contributed by atoms with van der Waals surface area (Å²) in [6.45, 7) is 3.59. The van der Waals surface area contributed by atoms with Gasteiger partial charge >= 0.3 is 0 Å². The van der Waals surface area contributed by atoms with Crippen LogP contribution in [0.2, 0.25) is 0 Å². The molecule has 1 unspecified atom stereocenters. The van der Waals surface area contributed by atoms with E-state index in [0.717, 1.165) is 24.3 Å². The first-order valence-corrected chi connectivity index (χ1v) is 7.63. The summed E-state index contributed by atoms with van der Waals surface area (Å²) < 4.78 is 16.2. The van der Waals surface area contributed by atoms with Gasteiger partial charge in [0.25, 0.3) is 0 Å². The second kappa shape index (κ2) is 7.14. The van der Waals surface area contributed by atoms with Crippen LogP contribution in [0.1, 0.15) is 31.7 Å². The lowest BCUT2D eigenvalue weighted by Crippen LogP contribution is -2.31. The second-order valence-electron chi connectivity index (χ2n) is 6.14. The van der Waals surface area contributed by atoms with Crippen LogP contribution in [0, 0.1) is 5.41 Å². The zero-order valence-electron chi connectivity index (χ0n) is 13.4. The van der Waals surface area contributed by atoms with Gasteiger partial charge in [-0.25, -0.2) is 0 Å². The molecule has 1 atom stereocenters. The average Bonchev–Trinajstić information content (AvgIpc) is 3.23. The highest BCUT2D eigenvalue weighted by Gasteiger charge is 2.42. The van der Waals surface area contributed by atoms with Gasteiger partial charge in [-0.05, 0) is 42.4 Å². The lowest BCUT2D eigenvalue weighted by Gasteiger charge is -2.19. The number of methoxy groups -OCH3 is 2. The van der Waals surface area contributed by atoms with Gasteiger partial charge in [-0.2, -0.15) is 0 Å². The fourth-order valence-corrected chi connectivity index (χ4v) is 2.41. The maximum absolute atomic E-state index is 6.32. The molecule has 118 valence electrons. The van der Waals surface area contributed by atoms with Crippen LogP contribution in [0.5, 0.6) is 11.5 Å². The van der Waals surface area contributed by atoms with Crippen LogP contribution in [-0.4, -0.2) is 33.5 Å². The molecular formula is C17H27NO3. The number of benzene rings is 1. The summed E-state index contributed by atoms with van der Waals surface area (Å²) in [5.74, 6) is 1.56. The van der Waals surface area contributed by atoms with E-state index < -0.39 is 0 Å². The molecule has 0 heterocycles. The monoisotopic (exact) mass is 293 g/mol. The highest BCUT2D eigenvalue weighted by molar-refractivity contribution is 5.43. The van der Waals surface area contributed by atoms with Crippen LogP contribution < -0.4 is 15.2 Å². The minimum atomic E-state index is 0.215. The molecule has 1 aliphatic carbocycles. The molecule has 4 heteroatoms. The molecule has 2 N–H and O–H groups in total. The van der Waals surface area contributed by atoms with Crippen molar-refractivity contribution in [2.45, 2.75) is 38.6 Å². The minimum Gasteiger partial charge on any atom is -0.493 e. The Labute approximate surface area is 127 Å². The summed E-state index contributed by atoms with van der Waals surface area (Å²) in [5, 5.41) is 0. The molecule has 0 spiro atoms. The van der Waals surface area contributed by atoms with Crippen molar-refractivity contribution in [3.05, 3.63) is 23.8 Å². The van der Waals surface area contributed by atoms with Crippen molar-refractivity contribution in [2.75, 3.05) is 27.4 Å². The number of hydrogen-bond donors (Lipinski definition) is 1. The minimum absolute atomic E-state index is 0.215. The van der Waals surface area contributed by atoms with E-state index >= 15 is 0 Å². The van der Waals surface area contributed by atoms with Crippen molar-refractivity contribution in [3.8, 4) is 11.5 Å². The van der Waals surface area contributed by atoms with Gasteiger partial charge < -0.3 is 19.9 Å². The fraction of sp³-hybridized carbons (Fsp3) is 0.647. The molecule has 4 nitrogen and oxygen atoms in total. The van der Waals surface area contributed by atoms with Crippen LogP contribution in [0.4, 0.5) is 0 Å². The van der Waals surface area contributed by atoms with E-state index in [1.165, 1.54) is 18.4 Å². The number of ether oxygens (including phenoxy) is 3. The summed E-state index contributed by atoms with van der Waals surface area (Å²) >= 11 is 0. The van der Waals surface area contributed by atoms with Crippen molar-refractivity contribution >= 4 is 0 Å². The highest BCUT2D eigenvalue weighted by Crippen LogP contribution is 2.48. The summed E-state index contributed by atoms with van der Waals surface area (Å²) in [6.07, 6.45) is 4.23. The van der Waals surface area contributed by atoms with Crippen molar-refractivity contribution in [1.82, 2.24) is 0 Å². The highest BCUT2D eigenvalue weighted by atomic mass is 16.5. The zero-order valence-corrected chi connectivity index (χ0v) is 13.4. The first-order valence-electron chi connectivity index (χ1n) is 7.63. The molecule has 1 aromatic rings. The maximum atomic E-state index is 6.32. The lowest BCUT2D eigenvalue weighted by atomic mass is 9.93. The Kier molecular flexibility index (Phi) is 5.48. The van der Waals surface area contributed by atoms with Gasteiger partial charge in [0.1, 0.15) is 0 Å². The topological polar surface area (TPSA) is 53.7 Å². The van der Waals surface area contributed by atoms with Gasteiger partial charge in [-0.3, -0.25) is 0 Å². The van der Waals surface area contributed by atoms with Gasteiger partial charge in [-0.1, -0.05) is 13.0 Å². The quantitative estimate of drug-likeness (QED) is 0.711. The van der Waals surface area contributed by atoms with E-state index in [0.29, 0.717) is 18.6 Å². The Morgan fingerprint density at radius 1 is 1.19 bits per heavy atom. The van der Waals surface area contributed by atoms with E-state index in [1.807, 2.05) is 6.07 Å². The Hall–Kier alpha value is -1.26. The van der Waals surface area contributed by atoms with Gasteiger partial charge in [0.05, 0.1) is 13.7 Å². The molecule has 1 fully saturated rings. The Morgan fingerprint density at radius 2 is 1.95 bits per heavy atom. The second-order valence-corrected chi connectivity index (χ2v) is 6.14. The maximum Gasteiger partial charge on any atom is 0.161 e. The van der Waals surface area contributed by atoms with Crippen LogP contribution in [0.15, 0.2) is 18.2 Å². The third-order valence-electron chi connectivity index (χ3n) is 4.37. The lowest BCUT2D eigenvalue weighted by molar-refractivity contribution is 0.170. The van der Waals surface area contributed by atoms with Gasteiger partial charge in [-0.15, -0.1) is 0 Å². The van der Waals surface area contributed by atoms with Gasteiger partial charge in [0, 0.05) is 26.2 Å². The molecule has 0 amide bonds. The van der Waals surface area contributed by atoms with Crippen molar-refractivity contribution in [2.24, 2.45) is 11.1 Å². The third-order valence-corrected chi connectivity index (χ3v) is 4.37. The molecule has 0 aromatic heterocycles. The van der Waals surface area contributed by atoms with Gasteiger partial charge in [0.15, 0.2) is 11.5 Å². The van der Waals surface area contributed by atoms with Gasteiger partial charge in [0.2, 0.25) is 0 Å². The molecular weight excluding hydrogens is 266 g/mol. The molecule has 1 aliphatic rings.